The summed E-state index contributed by atoms with van der Waals surface area (Å²) in [5, 5.41) is 5.84. The lowest BCUT2D eigenvalue weighted by molar-refractivity contribution is -0.116. The molecule has 0 saturated carbocycles. The van der Waals surface area contributed by atoms with Crippen LogP contribution in [-0.4, -0.2) is 5.91 Å². The molecule has 2 N–H and O–H groups in total. The molecule has 0 saturated heterocycles. The van der Waals surface area contributed by atoms with Crippen molar-refractivity contribution in [2.45, 2.75) is 26.2 Å². The minimum atomic E-state index is -0.297. The van der Waals surface area contributed by atoms with Crippen molar-refractivity contribution in [3.05, 3.63) is 54.3 Å². The van der Waals surface area contributed by atoms with Crippen molar-refractivity contribution < 1.29 is 9.18 Å². The van der Waals surface area contributed by atoms with Crippen LogP contribution in [0.2, 0.25) is 0 Å². The second-order valence-electron chi connectivity index (χ2n) is 4.83. The molecular weight excluding hydrogens is 267 g/mol. The molecule has 0 aliphatic rings. The van der Waals surface area contributed by atoms with Gasteiger partial charge < -0.3 is 10.6 Å². The molecule has 4 heteroatoms. The molecule has 0 bridgehead atoms. The summed E-state index contributed by atoms with van der Waals surface area (Å²) in [7, 11) is 0. The van der Waals surface area contributed by atoms with Crippen LogP contribution in [0.1, 0.15) is 26.2 Å². The molecule has 2 aromatic carbocycles. The van der Waals surface area contributed by atoms with Crippen LogP contribution in [0.15, 0.2) is 48.5 Å². The van der Waals surface area contributed by atoms with Gasteiger partial charge in [-0.2, -0.15) is 0 Å². The molecule has 0 aliphatic heterocycles. The Morgan fingerprint density at radius 1 is 1.05 bits per heavy atom. The summed E-state index contributed by atoms with van der Waals surface area (Å²) < 4.78 is 13.5. The van der Waals surface area contributed by atoms with Gasteiger partial charge in [0.15, 0.2) is 0 Å². The van der Waals surface area contributed by atoms with Gasteiger partial charge in [-0.15, -0.1) is 0 Å². The molecule has 3 nitrogen and oxygen atoms in total. The first-order valence-corrected chi connectivity index (χ1v) is 7.10. The third-order valence-electron chi connectivity index (χ3n) is 3.08. The fraction of sp³-hybridized carbons (Fsp3) is 0.235. The van der Waals surface area contributed by atoms with Crippen molar-refractivity contribution in [2.24, 2.45) is 0 Å². The molecule has 0 aromatic heterocycles. The number of carbonyl (C=O) groups is 1. The Bertz CT molecular complexity index is 596. The van der Waals surface area contributed by atoms with Crippen molar-refractivity contribution in [2.75, 3.05) is 10.6 Å². The minimum absolute atomic E-state index is 0.0201. The normalized spacial score (nSPS) is 10.2. The van der Waals surface area contributed by atoms with E-state index in [1.165, 1.54) is 6.07 Å². The molecule has 0 atom stereocenters. The van der Waals surface area contributed by atoms with Crippen LogP contribution in [-0.2, 0) is 4.79 Å². The fourth-order valence-electron chi connectivity index (χ4n) is 1.92. The maximum Gasteiger partial charge on any atom is 0.224 e. The van der Waals surface area contributed by atoms with Crippen molar-refractivity contribution in [1.82, 2.24) is 0 Å². The van der Waals surface area contributed by atoms with Crippen molar-refractivity contribution in [3.8, 4) is 0 Å². The molecule has 0 radical (unpaired) electrons. The highest BCUT2D eigenvalue weighted by molar-refractivity contribution is 5.90. The summed E-state index contributed by atoms with van der Waals surface area (Å²) in [5.74, 6) is -0.277. The first kappa shape index (κ1) is 15.0. The first-order chi connectivity index (χ1) is 10.2. The number of hydrogen-bond donors (Lipinski definition) is 2. The van der Waals surface area contributed by atoms with Crippen LogP contribution in [0.3, 0.4) is 0 Å². The predicted molar refractivity (Wildman–Crippen MR) is 84.3 cm³/mol. The number of unbranched alkanes of at least 4 members (excludes halogenated alkanes) is 1. The Labute approximate surface area is 124 Å². The summed E-state index contributed by atoms with van der Waals surface area (Å²) in [6.07, 6.45) is 2.42. The summed E-state index contributed by atoms with van der Waals surface area (Å²) >= 11 is 0. The highest BCUT2D eigenvalue weighted by atomic mass is 19.1. The van der Waals surface area contributed by atoms with Gasteiger partial charge in [0.1, 0.15) is 5.82 Å². The highest BCUT2D eigenvalue weighted by Crippen LogP contribution is 2.21. The molecule has 2 rings (SSSR count). The van der Waals surface area contributed by atoms with Gasteiger partial charge in [-0.1, -0.05) is 25.5 Å². The van der Waals surface area contributed by atoms with Gasteiger partial charge in [-0.05, 0) is 42.8 Å². The molecule has 0 aliphatic carbocycles. The molecule has 21 heavy (non-hydrogen) atoms. The standard InChI is InChI=1S/C17H19FN2O/c1-2-3-8-17(21)20-14-11-9-13(10-12-14)19-16-7-5-4-6-15(16)18/h4-7,9-12,19H,2-3,8H2,1H3,(H,20,21). The van der Waals surface area contributed by atoms with E-state index in [1.54, 1.807) is 30.3 Å². The van der Waals surface area contributed by atoms with E-state index in [0.29, 0.717) is 12.1 Å². The van der Waals surface area contributed by atoms with Crippen molar-refractivity contribution in [1.29, 1.82) is 0 Å². The number of benzene rings is 2. The van der Waals surface area contributed by atoms with E-state index < -0.39 is 0 Å². The minimum Gasteiger partial charge on any atom is -0.353 e. The van der Waals surface area contributed by atoms with Gasteiger partial charge in [0.2, 0.25) is 5.91 Å². The van der Waals surface area contributed by atoms with E-state index in [2.05, 4.69) is 17.6 Å². The lowest BCUT2D eigenvalue weighted by atomic mass is 10.2. The Morgan fingerprint density at radius 2 is 1.71 bits per heavy atom. The van der Waals surface area contributed by atoms with Crippen molar-refractivity contribution >= 4 is 23.0 Å². The first-order valence-electron chi connectivity index (χ1n) is 7.10. The summed E-state index contributed by atoms with van der Waals surface area (Å²) in [5.41, 5.74) is 1.94. The van der Waals surface area contributed by atoms with Crippen LogP contribution >= 0.6 is 0 Å². The summed E-state index contributed by atoms with van der Waals surface area (Å²) in [6.45, 7) is 2.05. The Hall–Kier alpha value is -2.36. The number of halogens is 1. The van der Waals surface area contributed by atoms with Gasteiger partial charge in [0.25, 0.3) is 0 Å². The zero-order chi connectivity index (χ0) is 15.1. The molecule has 2 aromatic rings. The maximum atomic E-state index is 13.5. The molecule has 0 heterocycles. The molecular formula is C17H19FN2O. The SMILES string of the molecule is CCCCC(=O)Nc1ccc(Nc2ccccc2F)cc1. The lowest BCUT2D eigenvalue weighted by Crippen LogP contribution is -2.10. The van der Waals surface area contributed by atoms with Gasteiger partial charge in [-0.25, -0.2) is 4.39 Å². The van der Waals surface area contributed by atoms with Crippen LogP contribution in [0.4, 0.5) is 21.5 Å². The van der Waals surface area contributed by atoms with Crippen LogP contribution in [0.5, 0.6) is 0 Å². The zero-order valence-corrected chi connectivity index (χ0v) is 12.0. The smallest absolute Gasteiger partial charge is 0.224 e. The second-order valence-corrected chi connectivity index (χ2v) is 4.83. The number of hydrogen-bond acceptors (Lipinski definition) is 2. The number of carbonyl (C=O) groups excluding carboxylic acids is 1. The van der Waals surface area contributed by atoms with E-state index in [-0.39, 0.29) is 11.7 Å². The van der Waals surface area contributed by atoms with Crippen LogP contribution in [0, 0.1) is 5.82 Å². The number of para-hydroxylation sites is 1. The van der Waals surface area contributed by atoms with E-state index in [1.807, 2.05) is 12.1 Å². The average Bonchev–Trinajstić information content (AvgIpc) is 2.49. The van der Waals surface area contributed by atoms with Gasteiger partial charge in [-0.3, -0.25) is 4.79 Å². The van der Waals surface area contributed by atoms with Crippen LogP contribution in [0.25, 0.3) is 0 Å². The molecule has 0 unspecified atom stereocenters. The average molecular weight is 286 g/mol. The molecule has 0 spiro atoms. The summed E-state index contributed by atoms with van der Waals surface area (Å²) in [4.78, 5) is 11.6. The van der Waals surface area contributed by atoms with Crippen molar-refractivity contribution in [3.63, 3.8) is 0 Å². The van der Waals surface area contributed by atoms with E-state index in [9.17, 15) is 9.18 Å². The Balaban J connectivity index is 1.96. The third kappa shape index (κ3) is 4.60. The van der Waals surface area contributed by atoms with Gasteiger partial charge >= 0.3 is 0 Å². The van der Waals surface area contributed by atoms with Gasteiger partial charge in [0.05, 0.1) is 5.69 Å². The fourth-order valence-corrected chi connectivity index (χ4v) is 1.92. The molecule has 0 fully saturated rings. The maximum absolute atomic E-state index is 13.5. The number of nitrogens with one attached hydrogen (secondary N) is 2. The molecule has 1 amide bonds. The van der Waals surface area contributed by atoms with E-state index in [4.69, 9.17) is 0 Å². The second kappa shape index (κ2) is 7.43. The molecule has 110 valence electrons. The highest BCUT2D eigenvalue weighted by Gasteiger charge is 2.03. The summed E-state index contributed by atoms with van der Waals surface area (Å²) in [6, 6.07) is 13.7. The topological polar surface area (TPSA) is 41.1 Å². The quantitative estimate of drug-likeness (QED) is 0.808. The predicted octanol–water partition coefficient (Wildman–Crippen LogP) is 4.70. The zero-order valence-electron chi connectivity index (χ0n) is 12.0. The Morgan fingerprint density at radius 3 is 2.38 bits per heavy atom. The number of anilines is 3. The van der Waals surface area contributed by atoms with E-state index >= 15 is 0 Å². The lowest BCUT2D eigenvalue weighted by Gasteiger charge is -2.09. The van der Waals surface area contributed by atoms with Crippen LogP contribution < -0.4 is 10.6 Å². The Kier molecular flexibility index (Phi) is 5.32. The number of rotatable bonds is 6. The largest absolute Gasteiger partial charge is 0.353 e. The van der Waals surface area contributed by atoms with E-state index in [0.717, 1.165) is 24.2 Å². The number of amides is 1. The van der Waals surface area contributed by atoms with Gasteiger partial charge in [0, 0.05) is 17.8 Å². The monoisotopic (exact) mass is 286 g/mol. The third-order valence-corrected chi connectivity index (χ3v) is 3.08.